The predicted octanol–water partition coefficient (Wildman–Crippen LogP) is 2.86. The van der Waals surface area contributed by atoms with Crippen molar-refractivity contribution in [3.05, 3.63) is 66.0 Å². The second-order valence-corrected chi connectivity index (χ2v) is 6.72. The Morgan fingerprint density at radius 2 is 1.92 bits per heavy atom. The third kappa shape index (κ3) is 3.39. The number of nitrogens with zero attached hydrogens (tertiary/aromatic N) is 2. The minimum atomic E-state index is -1.33. The van der Waals surface area contributed by atoms with Crippen LogP contribution < -0.4 is 5.32 Å². The fraction of sp³-hybridized carbons (Fsp3) is 0.167. The molecule has 3 rings (SSSR count). The maximum atomic E-state index is 12.4. The van der Waals surface area contributed by atoms with E-state index in [9.17, 15) is 9.35 Å². The molecule has 1 aromatic heterocycles. The van der Waals surface area contributed by atoms with Crippen LogP contribution >= 0.6 is 0 Å². The molecule has 3 aromatic rings. The summed E-state index contributed by atoms with van der Waals surface area (Å²) in [6.07, 6.45) is 2.93. The fourth-order valence-electron chi connectivity index (χ4n) is 2.58. The zero-order chi connectivity index (χ0) is 17.1. The number of rotatable bonds is 4. The highest BCUT2D eigenvalue weighted by atomic mass is 32.2. The topological polar surface area (TPSA) is 77.9 Å². The summed E-state index contributed by atoms with van der Waals surface area (Å²) in [7, 11) is 0. The minimum absolute atomic E-state index is 0.153. The van der Waals surface area contributed by atoms with Gasteiger partial charge < -0.3 is 9.87 Å². The van der Waals surface area contributed by atoms with Crippen LogP contribution in [0.3, 0.4) is 0 Å². The SMILES string of the molecule is C[C@@H](NC(=O)c1ccnc([S+](C)[O-])n1)c1cccc2ccccc12. The number of aromatic nitrogens is 2. The molecule has 0 radical (unpaired) electrons. The second-order valence-electron chi connectivity index (χ2n) is 5.44. The maximum absolute atomic E-state index is 12.4. The van der Waals surface area contributed by atoms with Crippen molar-refractivity contribution in [2.24, 2.45) is 0 Å². The van der Waals surface area contributed by atoms with Gasteiger partial charge >= 0.3 is 5.16 Å². The van der Waals surface area contributed by atoms with Crippen LogP contribution in [0.25, 0.3) is 10.8 Å². The smallest absolute Gasteiger partial charge is 0.343 e. The standard InChI is InChI=1S/C18H17N3O2S/c1-12(14-9-5-7-13-6-3-4-8-15(13)14)20-17(22)16-10-11-19-18(21-16)24(2)23/h3-12H,1-2H3,(H,20,22)/t12-,24?/m1/s1. The molecule has 0 bridgehead atoms. The van der Waals surface area contributed by atoms with Crippen molar-refractivity contribution in [1.29, 1.82) is 0 Å². The summed E-state index contributed by atoms with van der Waals surface area (Å²) >= 11 is -1.33. The number of hydrogen-bond acceptors (Lipinski definition) is 4. The molecule has 0 fully saturated rings. The Bertz CT molecular complexity index is 878. The summed E-state index contributed by atoms with van der Waals surface area (Å²) in [4.78, 5) is 20.4. The van der Waals surface area contributed by atoms with Crippen LogP contribution in [0.15, 0.2) is 59.9 Å². The first-order valence-electron chi connectivity index (χ1n) is 7.51. The molecule has 0 saturated carbocycles. The van der Waals surface area contributed by atoms with Crippen LogP contribution in [-0.4, -0.2) is 26.7 Å². The number of hydrogen-bond donors (Lipinski definition) is 1. The van der Waals surface area contributed by atoms with E-state index in [1.807, 2.05) is 49.4 Å². The van der Waals surface area contributed by atoms with Gasteiger partial charge in [-0.2, -0.15) is 9.97 Å². The van der Waals surface area contributed by atoms with Crippen LogP contribution in [0.1, 0.15) is 29.0 Å². The van der Waals surface area contributed by atoms with Crippen molar-refractivity contribution in [2.45, 2.75) is 18.1 Å². The van der Waals surface area contributed by atoms with E-state index in [0.29, 0.717) is 0 Å². The van der Waals surface area contributed by atoms with Gasteiger partial charge in [-0.05, 0) is 29.3 Å². The van der Waals surface area contributed by atoms with Crippen LogP contribution in [0.4, 0.5) is 0 Å². The Kier molecular flexibility index (Phi) is 4.78. The zero-order valence-electron chi connectivity index (χ0n) is 13.4. The van der Waals surface area contributed by atoms with E-state index in [4.69, 9.17) is 0 Å². The highest BCUT2D eigenvalue weighted by Crippen LogP contribution is 2.24. The number of nitrogens with one attached hydrogen (secondary N) is 1. The Labute approximate surface area is 143 Å². The number of carbonyl (C=O) groups is 1. The summed E-state index contributed by atoms with van der Waals surface area (Å²) in [5.74, 6) is -0.315. The summed E-state index contributed by atoms with van der Waals surface area (Å²) in [5.41, 5.74) is 1.25. The van der Waals surface area contributed by atoms with Gasteiger partial charge in [0.25, 0.3) is 5.91 Å². The first kappa shape index (κ1) is 16.4. The van der Waals surface area contributed by atoms with E-state index >= 15 is 0 Å². The number of benzene rings is 2. The van der Waals surface area contributed by atoms with Gasteiger partial charge in [0.05, 0.1) is 6.04 Å². The summed E-state index contributed by atoms with van der Waals surface area (Å²) in [5, 5.41) is 5.33. The van der Waals surface area contributed by atoms with Crippen molar-refractivity contribution >= 4 is 27.9 Å². The van der Waals surface area contributed by atoms with Gasteiger partial charge in [-0.15, -0.1) is 0 Å². The highest BCUT2D eigenvalue weighted by Gasteiger charge is 2.17. The quantitative estimate of drug-likeness (QED) is 0.586. The molecule has 1 amide bonds. The second kappa shape index (κ2) is 6.98. The number of amides is 1. The van der Waals surface area contributed by atoms with Crippen LogP contribution in [-0.2, 0) is 11.2 Å². The van der Waals surface area contributed by atoms with Crippen LogP contribution in [0.2, 0.25) is 0 Å². The molecule has 1 N–H and O–H groups in total. The van der Waals surface area contributed by atoms with Crippen LogP contribution in [0, 0.1) is 0 Å². The van der Waals surface area contributed by atoms with Crippen molar-refractivity contribution in [3.8, 4) is 0 Å². The molecule has 6 heteroatoms. The Morgan fingerprint density at radius 3 is 2.71 bits per heavy atom. The van der Waals surface area contributed by atoms with Crippen LogP contribution in [0.5, 0.6) is 0 Å². The normalized spacial score (nSPS) is 13.5. The lowest BCUT2D eigenvalue weighted by molar-refractivity contribution is 0.0934. The molecular formula is C18H17N3O2S. The molecule has 122 valence electrons. The van der Waals surface area contributed by atoms with Gasteiger partial charge in [-0.3, -0.25) is 4.79 Å². The predicted molar refractivity (Wildman–Crippen MR) is 94.2 cm³/mol. The molecule has 2 atom stereocenters. The number of fused-ring (bicyclic) bond motifs is 1. The molecule has 1 heterocycles. The highest BCUT2D eigenvalue weighted by molar-refractivity contribution is 7.90. The Balaban J connectivity index is 1.85. The molecular weight excluding hydrogens is 322 g/mol. The van der Waals surface area contributed by atoms with Crippen molar-refractivity contribution in [1.82, 2.24) is 15.3 Å². The minimum Gasteiger partial charge on any atom is -0.609 e. The van der Waals surface area contributed by atoms with E-state index in [-0.39, 0.29) is 22.8 Å². The van der Waals surface area contributed by atoms with Gasteiger partial charge in [0.1, 0.15) is 11.9 Å². The van der Waals surface area contributed by atoms with E-state index in [1.54, 1.807) is 0 Å². The van der Waals surface area contributed by atoms with E-state index in [0.717, 1.165) is 16.3 Å². The van der Waals surface area contributed by atoms with Gasteiger partial charge in [-0.25, -0.2) is 0 Å². The van der Waals surface area contributed by atoms with E-state index in [1.165, 1.54) is 18.5 Å². The third-order valence-corrected chi connectivity index (χ3v) is 4.47. The first-order valence-corrected chi connectivity index (χ1v) is 9.07. The molecule has 2 aromatic carbocycles. The third-order valence-electron chi connectivity index (χ3n) is 3.76. The maximum Gasteiger partial charge on any atom is 0.343 e. The molecule has 5 nitrogen and oxygen atoms in total. The van der Waals surface area contributed by atoms with Gasteiger partial charge in [-0.1, -0.05) is 42.5 Å². The van der Waals surface area contributed by atoms with Crippen molar-refractivity contribution in [2.75, 3.05) is 6.26 Å². The van der Waals surface area contributed by atoms with E-state index in [2.05, 4.69) is 15.3 Å². The molecule has 0 aliphatic heterocycles. The van der Waals surface area contributed by atoms with Crippen molar-refractivity contribution in [3.63, 3.8) is 0 Å². The average molecular weight is 339 g/mol. The Hall–Kier alpha value is -2.44. The van der Waals surface area contributed by atoms with Gasteiger partial charge in [0, 0.05) is 17.4 Å². The zero-order valence-corrected chi connectivity index (χ0v) is 14.2. The lowest BCUT2D eigenvalue weighted by Crippen LogP contribution is -2.28. The van der Waals surface area contributed by atoms with E-state index < -0.39 is 11.2 Å². The largest absolute Gasteiger partial charge is 0.609 e. The fourth-order valence-corrected chi connectivity index (χ4v) is 3.02. The van der Waals surface area contributed by atoms with Gasteiger partial charge in [0.15, 0.2) is 0 Å². The molecule has 24 heavy (non-hydrogen) atoms. The van der Waals surface area contributed by atoms with Crippen molar-refractivity contribution < 1.29 is 9.35 Å². The summed E-state index contributed by atoms with van der Waals surface area (Å²) in [6, 6.07) is 15.4. The average Bonchev–Trinajstić information content (AvgIpc) is 2.61. The molecule has 0 spiro atoms. The lowest BCUT2D eigenvalue weighted by Gasteiger charge is -2.16. The molecule has 0 aliphatic carbocycles. The molecule has 1 unspecified atom stereocenters. The molecule has 0 aliphatic rings. The first-order chi connectivity index (χ1) is 11.6. The summed E-state index contributed by atoms with van der Waals surface area (Å²) in [6.45, 7) is 1.93. The summed E-state index contributed by atoms with van der Waals surface area (Å²) < 4.78 is 11.5. The lowest BCUT2D eigenvalue weighted by atomic mass is 9.99. The number of carbonyl (C=O) groups excluding carboxylic acids is 1. The molecule has 0 saturated heterocycles. The Morgan fingerprint density at radius 1 is 1.17 bits per heavy atom. The monoisotopic (exact) mass is 339 g/mol. The van der Waals surface area contributed by atoms with Gasteiger partial charge in [0.2, 0.25) is 0 Å².